The minimum absolute atomic E-state index is 0.396. The van der Waals surface area contributed by atoms with Crippen LogP contribution in [0, 0.1) is 6.92 Å². The summed E-state index contributed by atoms with van der Waals surface area (Å²) in [5, 5.41) is 15.7. The molecule has 1 rings (SSSR count). The van der Waals surface area contributed by atoms with Gasteiger partial charge in [-0.25, -0.2) is 9.59 Å². The Bertz CT molecular complexity index is 459. The van der Waals surface area contributed by atoms with Crippen LogP contribution in [0.5, 0.6) is 0 Å². The molecule has 0 atom stereocenters. The molecule has 0 bridgehead atoms. The summed E-state index contributed by atoms with van der Waals surface area (Å²) in [5.41, 5.74) is -0.390. The van der Waals surface area contributed by atoms with Crippen molar-refractivity contribution >= 4 is 17.8 Å². The zero-order chi connectivity index (χ0) is 14.1. The van der Waals surface area contributed by atoms with Gasteiger partial charge in [-0.15, -0.1) is 0 Å². The number of urea groups is 1. The Kier molecular flexibility index (Phi) is 3.64. The zero-order valence-corrected chi connectivity index (χ0v) is 11.2. The van der Waals surface area contributed by atoms with E-state index in [9.17, 15) is 9.59 Å². The number of carbonyl (C=O) groups is 2. The van der Waals surface area contributed by atoms with Gasteiger partial charge in [0.25, 0.3) is 0 Å². The predicted octanol–water partition coefficient (Wildman–Crippen LogP) is 1.06. The number of aromatic nitrogens is 2. The standard InChI is InChI=1S/C11H18N4O3/c1-7-6-8(13-15(7)5)12-10(18)14(4)11(2,3)9(16)17/h6H,1-5H3,(H,16,17)(H,12,13,18). The first-order valence-corrected chi connectivity index (χ1v) is 5.45. The van der Waals surface area contributed by atoms with Crippen molar-refractivity contribution < 1.29 is 14.7 Å². The van der Waals surface area contributed by atoms with E-state index in [0.717, 1.165) is 10.6 Å². The summed E-state index contributed by atoms with van der Waals surface area (Å²) < 4.78 is 1.62. The molecule has 0 saturated heterocycles. The van der Waals surface area contributed by atoms with Crippen LogP contribution in [0.25, 0.3) is 0 Å². The van der Waals surface area contributed by atoms with Crippen LogP contribution < -0.4 is 5.32 Å². The molecule has 1 aromatic rings. The fourth-order valence-corrected chi connectivity index (χ4v) is 1.21. The Hall–Kier alpha value is -2.05. The van der Waals surface area contributed by atoms with Gasteiger partial charge in [0.15, 0.2) is 5.82 Å². The molecule has 18 heavy (non-hydrogen) atoms. The summed E-state index contributed by atoms with van der Waals surface area (Å²) in [4.78, 5) is 24.0. The Morgan fingerprint density at radius 3 is 2.44 bits per heavy atom. The lowest BCUT2D eigenvalue weighted by Crippen LogP contribution is -2.52. The number of carboxylic acid groups (broad SMARTS) is 1. The average molecular weight is 254 g/mol. The number of carboxylic acids is 1. The van der Waals surface area contributed by atoms with Crippen LogP contribution in [-0.4, -0.2) is 44.4 Å². The maximum Gasteiger partial charge on any atom is 0.329 e. The highest BCUT2D eigenvalue weighted by Crippen LogP contribution is 2.15. The van der Waals surface area contributed by atoms with Crippen molar-refractivity contribution in [1.29, 1.82) is 0 Å². The quantitative estimate of drug-likeness (QED) is 0.844. The molecule has 0 radical (unpaired) electrons. The number of aliphatic carboxylic acids is 1. The summed E-state index contributed by atoms with van der Waals surface area (Å²) in [6.45, 7) is 4.77. The highest BCUT2D eigenvalue weighted by atomic mass is 16.4. The van der Waals surface area contributed by atoms with E-state index in [1.807, 2.05) is 6.92 Å². The molecule has 0 spiro atoms. The maximum absolute atomic E-state index is 11.9. The Morgan fingerprint density at radius 2 is 2.06 bits per heavy atom. The fraction of sp³-hybridized carbons (Fsp3) is 0.545. The number of nitrogens with one attached hydrogen (secondary N) is 1. The Balaban J connectivity index is 2.80. The van der Waals surface area contributed by atoms with E-state index in [1.54, 1.807) is 17.8 Å². The number of aryl methyl sites for hydroxylation is 2. The number of anilines is 1. The van der Waals surface area contributed by atoms with Crippen molar-refractivity contribution in [2.75, 3.05) is 12.4 Å². The third-order valence-electron chi connectivity index (χ3n) is 3.02. The fourth-order valence-electron chi connectivity index (χ4n) is 1.21. The average Bonchev–Trinajstić information content (AvgIpc) is 2.56. The molecule has 0 saturated carbocycles. The monoisotopic (exact) mass is 254 g/mol. The summed E-state index contributed by atoms with van der Waals surface area (Å²) >= 11 is 0. The second-order valence-electron chi connectivity index (χ2n) is 4.65. The van der Waals surface area contributed by atoms with Crippen LogP contribution in [0.3, 0.4) is 0 Å². The SMILES string of the molecule is Cc1cc(NC(=O)N(C)C(C)(C)C(=O)O)nn1C. The first-order chi connectivity index (χ1) is 8.16. The van der Waals surface area contributed by atoms with Gasteiger partial charge in [-0.2, -0.15) is 5.10 Å². The smallest absolute Gasteiger partial charge is 0.329 e. The predicted molar refractivity (Wildman–Crippen MR) is 66.4 cm³/mol. The van der Waals surface area contributed by atoms with Crippen molar-refractivity contribution in [1.82, 2.24) is 14.7 Å². The van der Waals surface area contributed by atoms with E-state index in [4.69, 9.17) is 5.11 Å². The molecule has 1 aromatic heterocycles. The van der Waals surface area contributed by atoms with Crippen molar-refractivity contribution in [2.24, 2.45) is 7.05 Å². The van der Waals surface area contributed by atoms with Gasteiger partial charge in [0.2, 0.25) is 0 Å². The molecule has 2 N–H and O–H groups in total. The van der Waals surface area contributed by atoms with E-state index in [1.165, 1.54) is 20.9 Å². The Morgan fingerprint density at radius 1 is 1.50 bits per heavy atom. The van der Waals surface area contributed by atoms with Crippen LogP contribution in [0.4, 0.5) is 10.6 Å². The lowest BCUT2D eigenvalue weighted by atomic mass is 10.1. The number of likely N-dealkylation sites (N-methyl/N-ethyl adjacent to an activating group) is 1. The highest BCUT2D eigenvalue weighted by molar-refractivity contribution is 5.92. The van der Waals surface area contributed by atoms with Crippen LogP contribution >= 0.6 is 0 Å². The van der Waals surface area contributed by atoms with Crippen LogP contribution in [0.2, 0.25) is 0 Å². The molecule has 100 valence electrons. The van der Waals surface area contributed by atoms with Crippen LogP contribution in [-0.2, 0) is 11.8 Å². The second-order valence-corrected chi connectivity index (χ2v) is 4.65. The molecule has 1 heterocycles. The zero-order valence-electron chi connectivity index (χ0n) is 11.2. The van der Waals surface area contributed by atoms with Crippen molar-refractivity contribution in [3.05, 3.63) is 11.8 Å². The molecule has 0 aliphatic heterocycles. The number of hydrogen-bond donors (Lipinski definition) is 2. The van der Waals surface area contributed by atoms with Gasteiger partial charge in [-0.05, 0) is 20.8 Å². The minimum atomic E-state index is -1.28. The van der Waals surface area contributed by atoms with Crippen molar-refractivity contribution in [3.63, 3.8) is 0 Å². The van der Waals surface area contributed by atoms with Gasteiger partial charge < -0.3 is 10.0 Å². The molecule has 0 unspecified atom stereocenters. The van der Waals surface area contributed by atoms with E-state index < -0.39 is 17.5 Å². The number of amides is 2. The first-order valence-electron chi connectivity index (χ1n) is 5.45. The summed E-state index contributed by atoms with van der Waals surface area (Å²) in [6.07, 6.45) is 0. The lowest BCUT2D eigenvalue weighted by Gasteiger charge is -2.31. The molecule has 2 amide bonds. The topological polar surface area (TPSA) is 87.5 Å². The molecule has 0 aromatic carbocycles. The van der Waals surface area contributed by atoms with Crippen molar-refractivity contribution in [3.8, 4) is 0 Å². The summed E-state index contributed by atoms with van der Waals surface area (Å²) in [7, 11) is 3.19. The minimum Gasteiger partial charge on any atom is -0.480 e. The molecule has 0 fully saturated rings. The summed E-state index contributed by atoms with van der Waals surface area (Å²) in [6, 6.07) is 1.19. The van der Waals surface area contributed by atoms with Gasteiger partial charge in [0, 0.05) is 25.9 Å². The number of carbonyl (C=O) groups excluding carboxylic acids is 1. The van der Waals surface area contributed by atoms with Gasteiger partial charge in [0.05, 0.1) is 0 Å². The molecule has 7 heteroatoms. The normalized spacial score (nSPS) is 11.2. The Labute approximate surface area is 105 Å². The van der Waals surface area contributed by atoms with E-state index in [2.05, 4.69) is 10.4 Å². The van der Waals surface area contributed by atoms with E-state index >= 15 is 0 Å². The molecular weight excluding hydrogens is 236 g/mol. The lowest BCUT2D eigenvalue weighted by molar-refractivity contribution is -0.146. The third-order valence-corrected chi connectivity index (χ3v) is 3.02. The van der Waals surface area contributed by atoms with Crippen LogP contribution in [0.15, 0.2) is 6.07 Å². The summed E-state index contributed by atoms with van der Waals surface area (Å²) in [5.74, 6) is -0.676. The number of hydrogen-bond acceptors (Lipinski definition) is 3. The molecular formula is C11H18N4O3. The number of nitrogens with zero attached hydrogens (tertiary/aromatic N) is 3. The van der Waals surface area contributed by atoms with Crippen LogP contribution in [0.1, 0.15) is 19.5 Å². The first kappa shape index (κ1) is 14.0. The van der Waals surface area contributed by atoms with E-state index in [0.29, 0.717) is 5.82 Å². The van der Waals surface area contributed by atoms with Gasteiger partial charge >= 0.3 is 12.0 Å². The molecule has 0 aliphatic rings. The highest BCUT2D eigenvalue weighted by Gasteiger charge is 2.35. The maximum atomic E-state index is 11.9. The van der Waals surface area contributed by atoms with Crippen molar-refractivity contribution in [2.45, 2.75) is 26.3 Å². The van der Waals surface area contributed by atoms with Gasteiger partial charge in [-0.3, -0.25) is 10.00 Å². The third kappa shape index (κ3) is 2.61. The molecule has 7 nitrogen and oxygen atoms in total. The largest absolute Gasteiger partial charge is 0.480 e. The number of rotatable bonds is 3. The van der Waals surface area contributed by atoms with E-state index in [-0.39, 0.29) is 0 Å². The van der Waals surface area contributed by atoms with Gasteiger partial charge in [0.1, 0.15) is 5.54 Å². The second kappa shape index (κ2) is 4.67. The molecule has 0 aliphatic carbocycles. The van der Waals surface area contributed by atoms with Gasteiger partial charge in [-0.1, -0.05) is 0 Å².